The lowest BCUT2D eigenvalue weighted by atomic mass is 9.91. The molecular weight excluding hydrogens is 228 g/mol. The van der Waals surface area contributed by atoms with Crippen molar-refractivity contribution < 1.29 is 9.22 Å². The summed E-state index contributed by atoms with van der Waals surface area (Å²) >= 11 is 0. The van der Waals surface area contributed by atoms with Crippen LogP contribution in [0.1, 0.15) is 40.0 Å². The molecule has 98 valence electrons. The molecule has 0 fully saturated rings. The maximum absolute atomic E-state index is 11.3. The van der Waals surface area contributed by atoms with Crippen molar-refractivity contribution in [1.29, 1.82) is 0 Å². The van der Waals surface area contributed by atoms with Crippen molar-refractivity contribution in [2.75, 3.05) is 6.61 Å². The molecule has 0 bridgehead atoms. The molecule has 1 aliphatic rings. The van der Waals surface area contributed by atoms with Crippen molar-refractivity contribution in [3.05, 3.63) is 12.2 Å². The Balaban J connectivity index is 2.33. The number of hydrogen-bond acceptors (Lipinski definition) is 2. The first-order valence-electron chi connectivity index (χ1n) is 6.56. The Hall–Kier alpha value is -0.413. The first-order chi connectivity index (χ1) is 7.72. The molecule has 1 rings (SSSR count). The first kappa shape index (κ1) is 14.6. The van der Waals surface area contributed by atoms with Crippen LogP contribution >= 0.6 is 0 Å². The summed E-state index contributed by atoms with van der Waals surface area (Å²) in [4.78, 5) is 11.3. The Morgan fingerprint density at radius 2 is 2.06 bits per heavy atom. The molecule has 0 radical (unpaired) electrons. The SMILES string of the molecule is CC(C)(C)[Si](C)(C)OCC[C@H]1CC=CC(=O)C1. The third kappa shape index (κ3) is 4.40. The molecule has 17 heavy (non-hydrogen) atoms. The molecular formula is C14H26O2Si. The second-order valence-electron chi connectivity index (χ2n) is 6.57. The third-order valence-corrected chi connectivity index (χ3v) is 8.60. The van der Waals surface area contributed by atoms with E-state index in [0.717, 1.165) is 19.4 Å². The highest BCUT2D eigenvalue weighted by atomic mass is 28.4. The van der Waals surface area contributed by atoms with Gasteiger partial charge in [0.2, 0.25) is 0 Å². The molecule has 0 N–H and O–H groups in total. The molecule has 2 nitrogen and oxygen atoms in total. The lowest BCUT2D eigenvalue weighted by molar-refractivity contribution is -0.115. The van der Waals surface area contributed by atoms with E-state index in [1.807, 2.05) is 6.08 Å². The van der Waals surface area contributed by atoms with E-state index in [9.17, 15) is 4.79 Å². The number of hydrogen-bond donors (Lipinski definition) is 0. The largest absolute Gasteiger partial charge is 0.417 e. The topological polar surface area (TPSA) is 26.3 Å². The summed E-state index contributed by atoms with van der Waals surface area (Å²) in [5.41, 5.74) is 0. The van der Waals surface area contributed by atoms with Crippen molar-refractivity contribution in [2.45, 2.75) is 58.2 Å². The minimum Gasteiger partial charge on any atom is -0.417 e. The number of carbonyl (C=O) groups excluding carboxylic acids is 1. The van der Waals surface area contributed by atoms with Gasteiger partial charge < -0.3 is 4.43 Å². The average molecular weight is 254 g/mol. The van der Waals surface area contributed by atoms with Crippen LogP contribution in [0.4, 0.5) is 0 Å². The van der Waals surface area contributed by atoms with Crippen molar-refractivity contribution >= 4 is 14.1 Å². The Kier molecular flexibility index (Phi) is 4.73. The zero-order valence-corrected chi connectivity index (χ0v) is 12.9. The van der Waals surface area contributed by atoms with E-state index in [0.29, 0.717) is 12.3 Å². The number of ketones is 1. The van der Waals surface area contributed by atoms with E-state index < -0.39 is 8.32 Å². The Labute approximate surface area is 107 Å². The van der Waals surface area contributed by atoms with E-state index in [4.69, 9.17) is 4.43 Å². The van der Waals surface area contributed by atoms with Crippen molar-refractivity contribution in [3.63, 3.8) is 0 Å². The van der Waals surface area contributed by atoms with Gasteiger partial charge in [0, 0.05) is 13.0 Å². The standard InChI is InChI=1S/C14H26O2Si/c1-14(2,3)17(4,5)16-10-9-12-7-6-8-13(15)11-12/h6,8,12H,7,9-11H2,1-5H3/t12-/m1/s1. The van der Waals surface area contributed by atoms with Gasteiger partial charge >= 0.3 is 0 Å². The van der Waals surface area contributed by atoms with Crippen LogP contribution in [0.5, 0.6) is 0 Å². The van der Waals surface area contributed by atoms with Gasteiger partial charge in [0.25, 0.3) is 0 Å². The van der Waals surface area contributed by atoms with Gasteiger partial charge in [-0.2, -0.15) is 0 Å². The third-order valence-electron chi connectivity index (χ3n) is 4.06. The summed E-state index contributed by atoms with van der Waals surface area (Å²) in [7, 11) is -1.61. The molecule has 1 atom stereocenters. The van der Waals surface area contributed by atoms with Gasteiger partial charge in [0.05, 0.1) is 0 Å². The minimum atomic E-state index is -1.61. The first-order valence-corrected chi connectivity index (χ1v) is 9.46. The van der Waals surface area contributed by atoms with Crippen molar-refractivity contribution in [1.82, 2.24) is 0 Å². The Bertz CT molecular complexity index is 300. The fourth-order valence-corrected chi connectivity index (χ4v) is 2.81. The molecule has 3 heteroatoms. The number of carbonyl (C=O) groups is 1. The number of allylic oxidation sites excluding steroid dienone is 2. The van der Waals surface area contributed by atoms with Crippen molar-refractivity contribution in [3.8, 4) is 0 Å². The quantitative estimate of drug-likeness (QED) is 0.710. The zero-order chi connectivity index (χ0) is 13.1. The Morgan fingerprint density at radius 1 is 1.41 bits per heavy atom. The molecule has 1 aliphatic carbocycles. The normalized spacial score (nSPS) is 21.9. The summed E-state index contributed by atoms with van der Waals surface area (Å²) in [5.74, 6) is 0.769. The highest BCUT2D eigenvalue weighted by Crippen LogP contribution is 2.36. The fraction of sp³-hybridized carbons (Fsp3) is 0.786. The van der Waals surface area contributed by atoms with Gasteiger partial charge in [0.1, 0.15) is 0 Å². The Morgan fingerprint density at radius 3 is 2.59 bits per heavy atom. The summed E-state index contributed by atoms with van der Waals surface area (Å²) < 4.78 is 6.14. The second kappa shape index (κ2) is 5.49. The van der Waals surface area contributed by atoms with Crippen LogP contribution in [-0.2, 0) is 9.22 Å². The van der Waals surface area contributed by atoms with Crippen LogP contribution in [0.25, 0.3) is 0 Å². The van der Waals surface area contributed by atoms with Gasteiger partial charge in [-0.05, 0) is 43.0 Å². The lowest BCUT2D eigenvalue weighted by Crippen LogP contribution is -2.41. The molecule has 0 aromatic rings. The van der Waals surface area contributed by atoms with Crippen LogP contribution in [0.2, 0.25) is 18.1 Å². The molecule has 0 saturated carbocycles. The van der Waals surface area contributed by atoms with Crippen LogP contribution in [0.3, 0.4) is 0 Å². The van der Waals surface area contributed by atoms with Crippen LogP contribution in [0, 0.1) is 5.92 Å². The molecule has 0 unspecified atom stereocenters. The van der Waals surface area contributed by atoms with Gasteiger partial charge in [0.15, 0.2) is 14.1 Å². The van der Waals surface area contributed by atoms with E-state index >= 15 is 0 Å². The van der Waals surface area contributed by atoms with E-state index in [1.54, 1.807) is 6.08 Å². The van der Waals surface area contributed by atoms with E-state index in [1.165, 1.54) is 0 Å². The van der Waals surface area contributed by atoms with Gasteiger partial charge in [-0.25, -0.2) is 0 Å². The summed E-state index contributed by atoms with van der Waals surface area (Å²) in [6, 6.07) is 0. The smallest absolute Gasteiger partial charge is 0.191 e. The molecule has 0 amide bonds. The van der Waals surface area contributed by atoms with E-state index in [2.05, 4.69) is 33.9 Å². The van der Waals surface area contributed by atoms with E-state index in [-0.39, 0.29) is 10.8 Å². The molecule has 0 aromatic carbocycles. The average Bonchev–Trinajstić information content (AvgIpc) is 2.15. The monoisotopic (exact) mass is 254 g/mol. The molecule has 0 heterocycles. The predicted molar refractivity (Wildman–Crippen MR) is 74.6 cm³/mol. The zero-order valence-electron chi connectivity index (χ0n) is 11.9. The van der Waals surface area contributed by atoms with Crippen LogP contribution in [-0.4, -0.2) is 20.7 Å². The van der Waals surface area contributed by atoms with Crippen LogP contribution in [0.15, 0.2) is 12.2 Å². The molecule has 0 aromatic heterocycles. The predicted octanol–water partition coefficient (Wildman–Crippen LogP) is 3.93. The van der Waals surface area contributed by atoms with Crippen molar-refractivity contribution in [2.24, 2.45) is 5.92 Å². The highest BCUT2D eigenvalue weighted by molar-refractivity contribution is 6.74. The summed E-state index contributed by atoms with van der Waals surface area (Å²) in [6.07, 6.45) is 6.47. The minimum absolute atomic E-state index is 0.272. The second-order valence-corrected chi connectivity index (χ2v) is 11.4. The maximum atomic E-state index is 11.3. The highest BCUT2D eigenvalue weighted by Gasteiger charge is 2.37. The van der Waals surface area contributed by atoms with Gasteiger partial charge in [-0.3, -0.25) is 4.79 Å². The summed E-state index contributed by atoms with van der Waals surface area (Å²) in [5, 5.41) is 0.273. The van der Waals surface area contributed by atoms with Crippen LogP contribution < -0.4 is 0 Å². The fourth-order valence-electron chi connectivity index (χ4n) is 1.74. The molecule has 0 aliphatic heterocycles. The molecule has 0 saturated heterocycles. The van der Waals surface area contributed by atoms with Gasteiger partial charge in [-0.15, -0.1) is 0 Å². The maximum Gasteiger partial charge on any atom is 0.191 e. The number of rotatable bonds is 4. The summed E-state index contributed by atoms with van der Waals surface area (Å²) in [6.45, 7) is 12.1. The van der Waals surface area contributed by atoms with Gasteiger partial charge in [-0.1, -0.05) is 26.8 Å². The lowest BCUT2D eigenvalue weighted by Gasteiger charge is -2.36. The molecule has 0 spiro atoms.